The number of carbonyl (C=O) groups excluding carboxylic acids is 3. The van der Waals surface area contributed by atoms with Crippen molar-refractivity contribution in [2.24, 2.45) is 0 Å². The SMILES string of the molecule is COc1ccc(C)cc1C(=O)OCC(=O)N(C)CC(=O)Nc1ccc(F)cc1. The van der Waals surface area contributed by atoms with Gasteiger partial charge in [-0.2, -0.15) is 0 Å². The summed E-state index contributed by atoms with van der Waals surface area (Å²) in [7, 11) is 2.84. The zero-order valence-electron chi connectivity index (χ0n) is 15.8. The Bertz CT molecular complexity index is 867. The minimum Gasteiger partial charge on any atom is -0.496 e. The van der Waals surface area contributed by atoms with Crippen LogP contribution in [0.25, 0.3) is 0 Å². The molecule has 0 aromatic heterocycles. The monoisotopic (exact) mass is 388 g/mol. The van der Waals surface area contributed by atoms with Gasteiger partial charge in [0.1, 0.15) is 17.1 Å². The van der Waals surface area contributed by atoms with Gasteiger partial charge in [0.25, 0.3) is 5.91 Å². The lowest BCUT2D eigenvalue weighted by atomic mass is 10.1. The first-order valence-electron chi connectivity index (χ1n) is 8.41. The van der Waals surface area contributed by atoms with Crippen LogP contribution in [0, 0.1) is 12.7 Å². The Morgan fingerprint density at radius 2 is 1.79 bits per heavy atom. The third-order valence-electron chi connectivity index (χ3n) is 3.84. The van der Waals surface area contributed by atoms with Crippen molar-refractivity contribution in [3.8, 4) is 5.75 Å². The number of likely N-dealkylation sites (N-methyl/N-ethyl adjacent to an activating group) is 1. The summed E-state index contributed by atoms with van der Waals surface area (Å²) in [5, 5.41) is 2.54. The molecule has 0 aliphatic rings. The largest absolute Gasteiger partial charge is 0.496 e. The minimum atomic E-state index is -0.696. The second kappa shape index (κ2) is 9.50. The van der Waals surface area contributed by atoms with Gasteiger partial charge in [-0.1, -0.05) is 11.6 Å². The number of amides is 2. The number of rotatable bonds is 7. The molecule has 148 valence electrons. The van der Waals surface area contributed by atoms with E-state index in [2.05, 4.69) is 5.32 Å². The number of methoxy groups -OCH3 is 1. The molecule has 0 aliphatic carbocycles. The van der Waals surface area contributed by atoms with Gasteiger partial charge in [0, 0.05) is 12.7 Å². The summed E-state index contributed by atoms with van der Waals surface area (Å²) in [6.45, 7) is 1.05. The average molecular weight is 388 g/mol. The van der Waals surface area contributed by atoms with Crippen LogP contribution in [0.5, 0.6) is 5.75 Å². The molecule has 0 unspecified atom stereocenters. The summed E-state index contributed by atoms with van der Waals surface area (Å²) < 4.78 is 23.0. The normalized spacial score (nSPS) is 10.1. The predicted molar refractivity (Wildman–Crippen MR) is 101 cm³/mol. The van der Waals surface area contributed by atoms with E-state index in [1.54, 1.807) is 18.2 Å². The van der Waals surface area contributed by atoms with Crippen LogP contribution in [0.3, 0.4) is 0 Å². The topological polar surface area (TPSA) is 84.9 Å². The summed E-state index contributed by atoms with van der Waals surface area (Å²) in [5.74, 6) is -1.78. The quantitative estimate of drug-likeness (QED) is 0.737. The van der Waals surface area contributed by atoms with E-state index >= 15 is 0 Å². The Morgan fingerprint density at radius 3 is 2.43 bits per heavy atom. The molecular formula is C20H21FN2O5. The molecule has 28 heavy (non-hydrogen) atoms. The highest BCUT2D eigenvalue weighted by molar-refractivity contribution is 5.96. The van der Waals surface area contributed by atoms with Crippen LogP contribution in [0.4, 0.5) is 10.1 Å². The number of benzene rings is 2. The van der Waals surface area contributed by atoms with E-state index in [0.29, 0.717) is 11.4 Å². The number of hydrogen-bond acceptors (Lipinski definition) is 5. The molecule has 2 aromatic carbocycles. The minimum absolute atomic E-state index is 0.215. The summed E-state index contributed by atoms with van der Waals surface area (Å²) in [6.07, 6.45) is 0. The fraction of sp³-hybridized carbons (Fsp3) is 0.250. The van der Waals surface area contributed by atoms with Crippen LogP contribution >= 0.6 is 0 Å². The first kappa shape index (κ1) is 20.9. The lowest BCUT2D eigenvalue weighted by molar-refractivity contribution is -0.136. The number of anilines is 1. The zero-order chi connectivity index (χ0) is 20.7. The number of aryl methyl sites for hydroxylation is 1. The van der Waals surface area contributed by atoms with Crippen molar-refractivity contribution in [3.63, 3.8) is 0 Å². The molecule has 2 amide bonds. The Morgan fingerprint density at radius 1 is 1.11 bits per heavy atom. The number of carbonyl (C=O) groups is 3. The maximum absolute atomic E-state index is 12.9. The summed E-state index contributed by atoms with van der Waals surface area (Å²) >= 11 is 0. The van der Waals surface area contributed by atoms with Gasteiger partial charge in [-0.3, -0.25) is 9.59 Å². The molecule has 0 atom stereocenters. The maximum Gasteiger partial charge on any atom is 0.342 e. The van der Waals surface area contributed by atoms with Gasteiger partial charge in [0.15, 0.2) is 6.61 Å². The van der Waals surface area contributed by atoms with Crippen molar-refractivity contribution in [2.45, 2.75) is 6.92 Å². The Balaban J connectivity index is 1.86. The molecule has 0 bridgehead atoms. The van der Waals surface area contributed by atoms with Gasteiger partial charge in [-0.15, -0.1) is 0 Å². The molecule has 0 saturated carbocycles. The number of nitrogens with zero attached hydrogens (tertiary/aromatic N) is 1. The van der Waals surface area contributed by atoms with E-state index in [1.165, 1.54) is 38.4 Å². The molecule has 8 heteroatoms. The van der Waals surface area contributed by atoms with Gasteiger partial charge >= 0.3 is 5.97 Å². The second-order valence-corrected chi connectivity index (χ2v) is 6.08. The molecule has 0 heterocycles. The number of esters is 1. The predicted octanol–water partition coefficient (Wildman–Crippen LogP) is 2.40. The van der Waals surface area contributed by atoms with Crippen LogP contribution in [-0.4, -0.2) is 50.0 Å². The molecule has 0 aliphatic heterocycles. The molecule has 0 radical (unpaired) electrons. The molecule has 2 aromatic rings. The Hall–Kier alpha value is -3.42. The lowest BCUT2D eigenvalue weighted by Gasteiger charge is -2.17. The van der Waals surface area contributed by atoms with Crippen LogP contribution in [0.15, 0.2) is 42.5 Å². The molecule has 1 N–H and O–H groups in total. The van der Waals surface area contributed by atoms with E-state index in [0.717, 1.165) is 10.5 Å². The van der Waals surface area contributed by atoms with Crippen molar-refractivity contribution in [1.29, 1.82) is 0 Å². The first-order chi connectivity index (χ1) is 13.3. The smallest absolute Gasteiger partial charge is 0.342 e. The Labute approximate surface area is 162 Å². The average Bonchev–Trinajstić information content (AvgIpc) is 2.67. The van der Waals surface area contributed by atoms with Crippen molar-refractivity contribution < 1.29 is 28.2 Å². The molecule has 0 fully saturated rings. The highest BCUT2D eigenvalue weighted by atomic mass is 19.1. The van der Waals surface area contributed by atoms with Gasteiger partial charge < -0.3 is 19.7 Å². The van der Waals surface area contributed by atoms with Crippen LogP contribution in [0.1, 0.15) is 15.9 Å². The van der Waals surface area contributed by atoms with Gasteiger partial charge in [0.2, 0.25) is 5.91 Å². The summed E-state index contributed by atoms with van der Waals surface area (Å²) in [5.41, 5.74) is 1.46. The molecule has 0 spiro atoms. The van der Waals surface area contributed by atoms with Crippen LogP contribution < -0.4 is 10.1 Å². The number of ether oxygens (including phenoxy) is 2. The molecular weight excluding hydrogens is 367 g/mol. The van der Waals surface area contributed by atoms with Crippen LogP contribution in [0.2, 0.25) is 0 Å². The summed E-state index contributed by atoms with van der Waals surface area (Å²) in [6, 6.07) is 10.3. The fourth-order valence-corrected chi connectivity index (χ4v) is 2.33. The molecule has 0 saturated heterocycles. The fourth-order valence-electron chi connectivity index (χ4n) is 2.33. The maximum atomic E-state index is 12.9. The third-order valence-corrected chi connectivity index (χ3v) is 3.84. The van der Waals surface area contributed by atoms with E-state index in [9.17, 15) is 18.8 Å². The summed E-state index contributed by atoms with van der Waals surface area (Å²) in [4.78, 5) is 37.4. The highest BCUT2D eigenvalue weighted by Crippen LogP contribution is 2.20. The second-order valence-electron chi connectivity index (χ2n) is 6.08. The Kier molecular flexibility index (Phi) is 7.08. The van der Waals surface area contributed by atoms with Crippen molar-refractivity contribution >= 4 is 23.5 Å². The van der Waals surface area contributed by atoms with Gasteiger partial charge in [-0.05, 0) is 43.3 Å². The number of nitrogens with one attached hydrogen (secondary N) is 1. The van der Waals surface area contributed by atoms with Crippen molar-refractivity contribution in [2.75, 3.05) is 32.6 Å². The van der Waals surface area contributed by atoms with E-state index < -0.39 is 30.2 Å². The van der Waals surface area contributed by atoms with Crippen LogP contribution in [-0.2, 0) is 14.3 Å². The number of halogens is 1. The van der Waals surface area contributed by atoms with Gasteiger partial charge in [-0.25, -0.2) is 9.18 Å². The molecule has 2 rings (SSSR count). The number of hydrogen-bond donors (Lipinski definition) is 1. The van der Waals surface area contributed by atoms with Crippen molar-refractivity contribution in [3.05, 3.63) is 59.4 Å². The van der Waals surface area contributed by atoms with E-state index in [1.807, 2.05) is 6.92 Å². The van der Waals surface area contributed by atoms with E-state index in [4.69, 9.17) is 9.47 Å². The third kappa shape index (κ3) is 5.80. The standard InChI is InChI=1S/C20H21FN2O5/c1-13-4-9-17(27-3)16(10-13)20(26)28-12-19(25)23(2)11-18(24)22-15-7-5-14(21)6-8-15/h4-10H,11-12H2,1-3H3,(H,22,24). The molecule has 7 nitrogen and oxygen atoms in total. The first-order valence-corrected chi connectivity index (χ1v) is 8.41. The van der Waals surface area contributed by atoms with Crippen molar-refractivity contribution in [1.82, 2.24) is 4.90 Å². The zero-order valence-corrected chi connectivity index (χ0v) is 15.8. The van der Waals surface area contributed by atoms with E-state index in [-0.39, 0.29) is 12.1 Å². The highest BCUT2D eigenvalue weighted by Gasteiger charge is 2.18. The lowest BCUT2D eigenvalue weighted by Crippen LogP contribution is -2.37. The van der Waals surface area contributed by atoms with Gasteiger partial charge in [0.05, 0.1) is 13.7 Å².